The number of ketones is 1. The zero-order chi connectivity index (χ0) is 21.7. The third kappa shape index (κ3) is 2.50. The van der Waals surface area contributed by atoms with Gasteiger partial charge in [0.25, 0.3) is 0 Å². The third-order valence-electron chi connectivity index (χ3n) is 12.5. The number of hydrogen-bond acceptors (Lipinski definition) is 1. The summed E-state index contributed by atoms with van der Waals surface area (Å²) in [6, 6.07) is 0. The molecule has 0 saturated heterocycles. The molecule has 168 valence electrons. The fourth-order valence-electron chi connectivity index (χ4n) is 10.4. The van der Waals surface area contributed by atoms with Crippen LogP contribution in [0.5, 0.6) is 0 Å². The molecule has 0 aromatic carbocycles. The Morgan fingerprint density at radius 2 is 1.53 bits per heavy atom. The van der Waals surface area contributed by atoms with E-state index in [4.69, 9.17) is 0 Å². The highest BCUT2D eigenvalue weighted by atomic mass is 16.1. The van der Waals surface area contributed by atoms with Gasteiger partial charge in [0.05, 0.1) is 0 Å². The molecule has 8 atom stereocenters. The molecule has 4 saturated carbocycles. The van der Waals surface area contributed by atoms with Gasteiger partial charge in [-0.3, -0.25) is 4.79 Å². The molecule has 0 aliphatic heterocycles. The van der Waals surface area contributed by atoms with Gasteiger partial charge in [0.1, 0.15) is 5.78 Å². The Bertz CT molecular complexity index is 790. The van der Waals surface area contributed by atoms with Crippen LogP contribution in [-0.4, -0.2) is 5.78 Å². The van der Waals surface area contributed by atoms with Gasteiger partial charge in [-0.05, 0) is 103 Å². The van der Waals surface area contributed by atoms with Crippen LogP contribution in [0.3, 0.4) is 0 Å². The van der Waals surface area contributed by atoms with Crippen LogP contribution in [0.2, 0.25) is 0 Å². The molecule has 0 heterocycles. The molecule has 1 heteroatoms. The summed E-state index contributed by atoms with van der Waals surface area (Å²) < 4.78 is 0. The van der Waals surface area contributed by atoms with Gasteiger partial charge in [-0.2, -0.15) is 0 Å². The second-order valence-electron chi connectivity index (χ2n) is 14.1. The average molecular weight is 411 g/mol. The molecule has 5 aliphatic carbocycles. The summed E-state index contributed by atoms with van der Waals surface area (Å²) >= 11 is 0. The lowest BCUT2D eigenvalue weighted by molar-refractivity contribution is -0.212. The number of fused-ring (bicyclic) bond motifs is 7. The quantitative estimate of drug-likeness (QED) is 0.370. The topological polar surface area (TPSA) is 17.1 Å². The molecule has 0 aromatic heterocycles. The minimum absolute atomic E-state index is 0.287. The van der Waals surface area contributed by atoms with Crippen LogP contribution in [0.1, 0.15) is 113 Å². The second kappa shape index (κ2) is 6.26. The van der Waals surface area contributed by atoms with Crippen molar-refractivity contribution in [2.24, 2.45) is 50.7 Å². The van der Waals surface area contributed by atoms with E-state index in [1.807, 2.05) is 0 Å². The van der Waals surface area contributed by atoms with Gasteiger partial charge in [-0.15, -0.1) is 0 Å². The van der Waals surface area contributed by atoms with Crippen molar-refractivity contribution in [2.75, 3.05) is 0 Å². The van der Waals surface area contributed by atoms with Gasteiger partial charge in [0.2, 0.25) is 0 Å². The van der Waals surface area contributed by atoms with E-state index in [1.165, 1.54) is 51.4 Å². The Balaban J connectivity index is 1.55. The monoisotopic (exact) mass is 410 g/mol. The summed E-state index contributed by atoms with van der Waals surface area (Å²) in [5.74, 6) is 3.08. The lowest BCUT2D eigenvalue weighted by Crippen LogP contribution is -2.65. The number of hydrogen-bond donors (Lipinski definition) is 0. The molecule has 5 aliphatic rings. The van der Waals surface area contributed by atoms with Crippen molar-refractivity contribution in [1.29, 1.82) is 0 Å². The van der Waals surface area contributed by atoms with E-state index in [0.717, 1.165) is 24.7 Å². The van der Waals surface area contributed by atoms with E-state index < -0.39 is 0 Å². The lowest BCUT2D eigenvalue weighted by Gasteiger charge is -2.72. The van der Waals surface area contributed by atoms with Crippen molar-refractivity contribution < 1.29 is 4.79 Å². The minimum Gasteiger partial charge on any atom is -0.299 e. The highest BCUT2D eigenvalue weighted by Gasteiger charge is 2.68. The number of rotatable bonds is 0. The van der Waals surface area contributed by atoms with Crippen LogP contribution in [0.4, 0.5) is 0 Å². The minimum atomic E-state index is 0.287. The summed E-state index contributed by atoms with van der Waals surface area (Å²) in [4.78, 5) is 12.6. The summed E-state index contributed by atoms with van der Waals surface area (Å²) in [5, 5.41) is 0. The zero-order valence-electron chi connectivity index (χ0n) is 20.9. The molecule has 1 nitrogen and oxygen atoms in total. The average Bonchev–Trinajstić information content (AvgIpc) is 2.67. The largest absolute Gasteiger partial charge is 0.299 e. The summed E-state index contributed by atoms with van der Waals surface area (Å²) in [5.41, 5.74) is 3.90. The third-order valence-corrected chi connectivity index (χ3v) is 12.5. The molecule has 5 rings (SSSR count). The van der Waals surface area contributed by atoms with Crippen molar-refractivity contribution in [2.45, 2.75) is 113 Å². The zero-order valence-corrected chi connectivity index (χ0v) is 20.9. The molecular formula is C29H46O. The highest BCUT2D eigenvalue weighted by molar-refractivity contribution is 5.82. The molecule has 0 aromatic rings. The Kier molecular flexibility index (Phi) is 4.43. The number of carbonyl (C=O) groups is 1. The molecule has 4 fully saturated rings. The van der Waals surface area contributed by atoms with Gasteiger partial charge in [-0.1, -0.05) is 60.1 Å². The van der Waals surface area contributed by atoms with E-state index in [0.29, 0.717) is 38.8 Å². The van der Waals surface area contributed by atoms with Crippen LogP contribution in [-0.2, 0) is 4.79 Å². The summed E-state index contributed by atoms with van der Waals surface area (Å²) in [6.45, 7) is 17.8. The first kappa shape index (κ1) is 21.3. The lowest BCUT2D eigenvalue weighted by atomic mass is 9.33. The smallest absolute Gasteiger partial charge is 0.136 e. The number of carbonyl (C=O) groups excluding carboxylic acids is 1. The van der Waals surface area contributed by atoms with Crippen LogP contribution < -0.4 is 0 Å². The Morgan fingerprint density at radius 3 is 2.27 bits per heavy atom. The van der Waals surface area contributed by atoms with E-state index in [-0.39, 0.29) is 5.92 Å². The molecule has 0 bridgehead atoms. The van der Waals surface area contributed by atoms with E-state index in [1.54, 1.807) is 5.57 Å². The van der Waals surface area contributed by atoms with Gasteiger partial charge < -0.3 is 0 Å². The molecule has 0 radical (unpaired) electrons. The van der Waals surface area contributed by atoms with E-state index in [9.17, 15) is 4.79 Å². The summed E-state index contributed by atoms with van der Waals surface area (Å²) in [7, 11) is 0. The maximum atomic E-state index is 12.6. The fourth-order valence-corrected chi connectivity index (χ4v) is 10.4. The highest BCUT2D eigenvalue weighted by Crippen LogP contribution is 2.75. The second-order valence-corrected chi connectivity index (χ2v) is 14.1. The number of Topliss-reactive ketones (excluding diaryl/α,β-unsaturated/α-hetero) is 1. The maximum Gasteiger partial charge on any atom is 0.136 e. The molecular weight excluding hydrogens is 364 g/mol. The van der Waals surface area contributed by atoms with Gasteiger partial charge >= 0.3 is 0 Å². The first-order chi connectivity index (χ1) is 13.9. The van der Waals surface area contributed by atoms with Crippen LogP contribution in [0, 0.1) is 50.7 Å². The first-order valence-corrected chi connectivity index (χ1v) is 13.1. The van der Waals surface area contributed by atoms with Crippen LogP contribution in [0.25, 0.3) is 0 Å². The molecule has 0 spiro atoms. The van der Waals surface area contributed by atoms with Gasteiger partial charge in [0.15, 0.2) is 0 Å². The Labute approximate surface area is 185 Å². The predicted octanol–water partition coefficient (Wildman–Crippen LogP) is 7.99. The Hall–Kier alpha value is -0.590. The number of allylic oxidation sites excluding steroid dienone is 2. The molecule has 0 N–H and O–H groups in total. The summed E-state index contributed by atoms with van der Waals surface area (Å²) in [6.07, 6.45) is 15.5. The van der Waals surface area contributed by atoms with Crippen LogP contribution in [0.15, 0.2) is 11.6 Å². The SMILES string of the molecule is C[C@@H]1C(=O)CC[C@]2(C)[C@H]3CC[C@@H]4[C@@]5(C)CCC(C)(C)CC5=CC[C@@]4(C)[C@]3(C)CC[C@@H]12. The van der Waals surface area contributed by atoms with Crippen molar-refractivity contribution in [3.05, 3.63) is 11.6 Å². The van der Waals surface area contributed by atoms with E-state index >= 15 is 0 Å². The van der Waals surface area contributed by atoms with E-state index in [2.05, 4.69) is 54.5 Å². The molecule has 0 unspecified atom stereocenters. The normalized spacial score (nSPS) is 54.9. The first-order valence-electron chi connectivity index (χ1n) is 13.1. The van der Waals surface area contributed by atoms with Gasteiger partial charge in [0, 0.05) is 12.3 Å². The van der Waals surface area contributed by atoms with Crippen molar-refractivity contribution in [3.8, 4) is 0 Å². The van der Waals surface area contributed by atoms with Crippen molar-refractivity contribution in [3.63, 3.8) is 0 Å². The maximum absolute atomic E-state index is 12.6. The molecule has 0 amide bonds. The molecule has 30 heavy (non-hydrogen) atoms. The van der Waals surface area contributed by atoms with Gasteiger partial charge in [-0.25, -0.2) is 0 Å². The fraction of sp³-hybridized carbons (Fsp3) is 0.897. The van der Waals surface area contributed by atoms with Crippen molar-refractivity contribution >= 4 is 5.78 Å². The standard InChI is InChI=1S/C29H46O/c1-19-21-11-15-29(7)24(27(21,5)13-12-22(19)30)9-8-23-26(4)17-16-25(2,3)18-20(26)10-14-28(23,29)6/h10,19,21,23-24H,8-9,11-18H2,1-7H3/t19-,21-,23+,24+,26-,27-,28+,29+/m0/s1. The van der Waals surface area contributed by atoms with Crippen LogP contribution >= 0.6 is 0 Å². The Morgan fingerprint density at radius 1 is 0.833 bits per heavy atom. The van der Waals surface area contributed by atoms with Crippen molar-refractivity contribution in [1.82, 2.24) is 0 Å². The predicted molar refractivity (Wildman–Crippen MR) is 125 cm³/mol.